The molecule has 0 fully saturated rings. The number of hydrogen-bond donors (Lipinski definition) is 0. The van der Waals surface area contributed by atoms with Crippen LogP contribution in [0.1, 0.15) is 0 Å². The highest BCUT2D eigenvalue weighted by Crippen LogP contribution is 2.11. The number of halogens is 1. The number of ether oxygens (including phenoxy) is 1. The van der Waals surface area contributed by atoms with Gasteiger partial charge in [0, 0.05) is 5.02 Å². The van der Waals surface area contributed by atoms with Crippen molar-refractivity contribution in [3.05, 3.63) is 23.2 Å². The minimum atomic E-state index is 0.748. The maximum Gasteiger partial charge on any atom is 0.144 e. The summed E-state index contributed by atoms with van der Waals surface area (Å²) in [6, 6.07) is 5.55. The molecule has 10 heavy (non-hydrogen) atoms. The summed E-state index contributed by atoms with van der Waals surface area (Å²) >= 11 is 5.72. The first kappa shape index (κ1) is 7.48. The summed E-state index contributed by atoms with van der Waals surface area (Å²) in [4.78, 5) is 0. The SMILES string of the molecule is Bc1cc(Cl)ccc1OC. The van der Waals surface area contributed by atoms with Crippen LogP contribution in [0.5, 0.6) is 5.75 Å². The highest BCUT2D eigenvalue weighted by atomic mass is 35.5. The van der Waals surface area contributed by atoms with Crippen molar-refractivity contribution >= 4 is 24.9 Å². The van der Waals surface area contributed by atoms with Crippen LogP contribution < -0.4 is 10.2 Å². The third kappa shape index (κ3) is 1.45. The van der Waals surface area contributed by atoms with E-state index in [0.29, 0.717) is 0 Å². The van der Waals surface area contributed by atoms with Crippen molar-refractivity contribution in [2.45, 2.75) is 0 Å². The van der Waals surface area contributed by atoms with E-state index in [9.17, 15) is 0 Å². The summed E-state index contributed by atoms with van der Waals surface area (Å²) < 4.78 is 5.04. The van der Waals surface area contributed by atoms with Gasteiger partial charge >= 0.3 is 0 Å². The molecule has 0 aliphatic rings. The molecule has 1 aromatic rings. The molecule has 0 spiro atoms. The van der Waals surface area contributed by atoms with Gasteiger partial charge in [0.05, 0.1) is 7.11 Å². The molecule has 1 rings (SSSR count). The summed E-state index contributed by atoms with van der Waals surface area (Å²) in [5, 5.41) is 0.748. The zero-order valence-electron chi connectivity index (χ0n) is 6.02. The van der Waals surface area contributed by atoms with Crippen molar-refractivity contribution < 1.29 is 4.74 Å². The van der Waals surface area contributed by atoms with Gasteiger partial charge in [-0.2, -0.15) is 0 Å². The lowest BCUT2D eigenvalue weighted by atomic mass is 9.95. The van der Waals surface area contributed by atoms with Gasteiger partial charge < -0.3 is 4.74 Å². The third-order valence-corrected chi connectivity index (χ3v) is 1.59. The molecule has 0 aliphatic carbocycles. The lowest BCUT2D eigenvalue weighted by molar-refractivity contribution is 0.418. The van der Waals surface area contributed by atoms with Crippen molar-refractivity contribution in [1.82, 2.24) is 0 Å². The Morgan fingerprint density at radius 3 is 2.70 bits per heavy atom. The van der Waals surface area contributed by atoms with E-state index in [4.69, 9.17) is 16.3 Å². The number of rotatable bonds is 1. The van der Waals surface area contributed by atoms with Crippen LogP contribution in [0.4, 0.5) is 0 Å². The minimum absolute atomic E-state index is 0.748. The monoisotopic (exact) mass is 154 g/mol. The number of hydrogen-bond acceptors (Lipinski definition) is 1. The molecule has 3 heteroatoms. The Hall–Kier alpha value is -0.625. The number of benzene rings is 1. The van der Waals surface area contributed by atoms with E-state index in [1.165, 1.54) is 0 Å². The first-order valence-corrected chi connectivity index (χ1v) is 3.42. The highest BCUT2D eigenvalue weighted by molar-refractivity contribution is 6.37. The van der Waals surface area contributed by atoms with Crippen LogP contribution in [-0.2, 0) is 0 Å². The van der Waals surface area contributed by atoms with Gasteiger partial charge in [-0.05, 0) is 23.7 Å². The quantitative estimate of drug-likeness (QED) is 0.539. The standard InChI is InChI=1S/C7H8BClO/c1-10-7-3-2-5(9)4-6(7)8/h2-4H,8H2,1H3. The average molecular weight is 154 g/mol. The Kier molecular flexibility index (Phi) is 2.23. The van der Waals surface area contributed by atoms with Crippen molar-refractivity contribution in [2.24, 2.45) is 0 Å². The second-order valence-electron chi connectivity index (χ2n) is 2.11. The van der Waals surface area contributed by atoms with Crippen LogP contribution in [-0.4, -0.2) is 15.0 Å². The molecule has 0 atom stereocenters. The predicted molar refractivity (Wildman–Crippen MR) is 46.2 cm³/mol. The van der Waals surface area contributed by atoms with Crippen molar-refractivity contribution in [3.63, 3.8) is 0 Å². The fourth-order valence-corrected chi connectivity index (χ4v) is 1.07. The van der Waals surface area contributed by atoms with Crippen LogP contribution in [0.25, 0.3) is 0 Å². The molecule has 0 N–H and O–H groups in total. The molecule has 0 saturated carbocycles. The fourth-order valence-electron chi connectivity index (χ4n) is 0.842. The van der Waals surface area contributed by atoms with E-state index in [-0.39, 0.29) is 0 Å². The molecule has 0 unspecified atom stereocenters. The molecule has 0 radical (unpaired) electrons. The van der Waals surface area contributed by atoms with Crippen molar-refractivity contribution in [1.29, 1.82) is 0 Å². The summed E-state index contributed by atoms with van der Waals surface area (Å²) in [6.45, 7) is 0. The lowest BCUT2D eigenvalue weighted by Crippen LogP contribution is -2.05. The van der Waals surface area contributed by atoms with Gasteiger partial charge in [0.1, 0.15) is 13.6 Å². The van der Waals surface area contributed by atoms with E-state index in [0.717, 1.165) is 16.2 Å². The van der Waals surface area contributed by atoms with Crippen LogP contribution >= 0.6 is 11.6 Å². The molecule has 0 saturated heterocycles. The van der Waals surface area contributed by atoms with Gasteiger partial charge in [0.25, 0.3) is 0 Å². The Labute approximate surface area is 66.4 Å². The van der Waals surface area contributed by atoms with Gasteiger partial charge in [-0.15, -0.1) is 0 Å². The Morgan fingerprint density at radius 1 is 1.50 bits per heavy atom. The van der Waals surface area contributed by atoms with Crippen molar-refractivity contribution in [2.75, 3.05) is 7.11 Å². The van der Waals surface area contributed by atoms with Gasteiger partial charge in [-0.25, -0.2) is 0 Å². The molecule has 52 valence electrons. The van der Waals surface area contributed by atoms with Crippen LogP contribution in [0.2, 0.25) is 5.02 Å². The summed E-state index contributed by atoms with van der Waals surface area (Å²) in [7, 11) is 3.61. The van der Waals surface area contributed by atoms with Gasteiger partial charge in [0.15, 0.2) is 0 Å². The van der Waals surface area contributed by atoms with E-state index < -0.39 is 0 Å². The zero-order valence-corrected chi connectivity index (χ0v) is 6.77. The van der Waals surface area contributed by atoms with Crippen LogP contribution in [0.3, 0.4) is 0 Å². The summed E-state index contributed by atoms with van der Waals surface area (Å²) in [6.07, 6.45) is 0. The molecule has 0 aromatic heterocycles. The second kappa shape index (κ2) is 2.97. The first-order valence-electron chi connectivity index (χ1n) is 3.04. The second-order valence-corrected chi connectivity index (χ2v) is 2.55. The molecule has 0 aliphatic heterocycles. The topological polar surface area (TPSA) is 9.23 Å². The van der Waals surface area contributed by atoms with E-state index in [2.05, 4.69) is 0 Å². The van der Waals surface area contributed by atoms with E-state index in [1.54, 1.807) is 7.11 Å². The zero-order chi connectivity index (χ0) is 7.56. The summed E-state index contributed by atoms with van der Waals surface area (Å²) in [5.41, 5.74) is 1.06. The maximum absolute atomic E-state index is 5.72. The first-order chi connectivity index (χ1) is 4.74. The summed E-state index contributed by atoms with van der Waals surface area (Å²) in [5.74, 6) is 0.879. The fraction of sp³-hybridized carbons (Fsp3) is 0.143. The average Bonchev–Trinajstić information content (AvgIpc) is 1.88. The molecule has 0 bridgehead atoms. The number of methoxy groups -OCH3 is 1. The van der Waals surface area contributed by atoms with Crippen LogP contribution in [0.15, 0.2) is 18.2 Å². The Morgan fingerprint density at radius 2 is 2.20 bits per heavy atom. The molecule has 0 heterocycles. The third-order valence-electron chi connectivity index (χ3n) is 1.36. The van der Waals surface area contributed by atoms with E-state index >= 15 is 0 Å². The van der Waals surface area contributed by atoms with Gasteiger partial charge in [-0.1, -0.05) is 11.6 Å². The lowest BCUT2D eigenvalue weighted by Gasteiger charge is -2.02. The molecule has 1 aromatic carbocycles. The Balaban J connectivity index is 3.07. The normalized spacial score (nSPS) is 9.40. The molecular weight excluding hydrogens is 146 g/mol. The smallest absolute Gasteiger partial charge is 0.144 e. The van der Waals surface area contributed by atoms with Crippen LogP contribution in [0, 0.1) is 0 Å². The van der Waals surface area contributed by atoms with Crippen molar-refractivity contribution in [3.8, 4) is 5.75 Å². The minimum Gasteiger partial charge on any atom is -0.497 e. The molecule has 1 nitrogen and oxygen atoms in total. The largest absolute Gasteiger partial charge is 0.497 e. The Bertz CT molecular complexity index is 237. The predicted octanol–water partition coefficient (Wildman–Crippen LogP) is 0.607. The van der Waals surface area contributed by atoms with Gasteiger partial charge in [0.2, 0.25) is 0 Å². The van der Waals surface area contributed by atoms with Gasteiger partial charge in [-0.3, -0.25) is 0 Å². The van der Waals surface area contributed by atoms with E-state index in [1.807, 2.05) is 26.0 Å². The molecular formula is C7H8BClO. The maximum atomic E-state index is 5.72. The highest BCUT2D eigenvalue weighted by Gasteiger charge is 1.95. The molecule has 0 amide bonds.